The molecule has 0 bridgehead atoms. The van der Waals surface area contributed by atoms with E-state index in [1.165, 1.54) is 238 Å². The van der Waals surface area contributed by atoms with Crippen LogP contribution in [0.4, 0.5) is 0 Å². The monoisotopic (exact) mass is 1370 g/mol. The molecule has 0 saturated carbocycles. The SMILES string of the molecule is CCCCCCCCCC/C=C\CCCCCCCCCCCC(=O)NC(COC1OC(CO)C(OC2OC(CO)C(OC3OC(CO)C(O)C(O)C3O)C(O)C2O)C(O)C1O)C(O)/C=C/CC/C=C/CCCCCCCCCCCCCCCCCCCCCCCCCC. The van der Waals surface area contributed by atoms with E-state index in [1.807, 2.05) is 6.08 Å². The first-order chi connectivity index (χ1) is 46.8. The van der Waals surface area contributed by atoms with Crippen LogP contribution < -0.4 is 5.32 Å². The van der Waals surface area contributed by atoms with Crippen LogP contribution in [-0.4, -0.2) is 193 Å². The van der Waals surface area contributed by atoms with E-state index in [0.717, 1.165) is 44.9 Å². The van der Waals surface area contributed by atoms with Gasteiger partial charge in [0.2, 0.25) is 5.91 Å². The molecule has 3 rings (SSSR count). The van der Waals surface area contributed by atoms with Crippen molar-refractivity contribution in [2.45, 2.75) is 420 Å². The second kappa shape index (κ2) is 58.5. The van der Waals surface area contributed by atoms with Crippen molar-refractivity contribution < 1.29 is 89.4 Å². The molecule has 0 spiro atoms. The molecule has 12 N–H and O–H groups in total. The molecule has 0 aliphatic carbocycles. The van der Waals surface area contributed by atoms with Gasteiger partial charge in [0, 0.05) is 6.42 Å². The highest BCUT2D eigenvalue weighted by Crippen LogP contribution is 2.33. The van der Waals surface area contributed by atoms with Gasteiger partial charge >= 0.3 is 0 Å². The molecule has 3 saturated heterocycles. The summed E-state index contributed by atoms with van der Waals surface area (Å²) in [7, 11) is 0. The molecular formula is C77H143NO18. The third-order valence-corrected chi connectivity index (χ3v) is 19.7. The molecule has 96 heavy (non-hydrogen) atoms. The number of aliphatic hydroxyl groups excluding tert-OH is 11. The zero-order chi connectivity index (χ0) is 69.6. The minimum atomic E-state index is -1.98. The van der Waals surface area contributed by atoms with Crippen LogP contribution in [0.15, 0.2) is 36.5 Å². The van der Waals surface area contributed by atoms with Crippen LogP contribution in [0.3, 0.4) is 0 Å². The van der Waals surface area contributed by atoms with Crippen LogP contribution in [0.1, 0.15) is 316 Å². The van der Waals surface area contributed by atoms with Crippen molar-refractivity contribution in [2.75, 3.05) is 26.4 Å². The van der Waals surface area contributed by atoms with Gasteiger partial charge in [-0.1, -0.05) is 288 Å². The Labute approximate surface area is 581 Å². The lowest BCUT2D eigenvalue weighted by Crippen LogP contribution is -2.66. The number of nitrogens with one attached hydrogen (secondary N) is 1. The van der Waals surface area contributed by atoms with Crippen LogP contribution in [0, 0.1) is 0 Å². The van der Waals surface area contributed by atoms with Gasteiger partial charge < -0.3 is 89.9 Å². The number of unbranched alkanes of at least 4 members (excludes halogenated alkanes) is 42. The number of carbonyl (C=O) groups is 1. The smallest absolute Gasteiger partial charge is 0.220 e. The standard InChI is InChI=1S/C77H143NO18/c1-3-5-7-9-11-13-15-17-19-21-23-25-26-27-28-29-30-31-32-33-35-36-38-40-42-44-46-48-50-52-54-61(82)60(78-65(83)55-53-51-49-47-45-43-41-39-37-34-24-22-20-18-16-14-12-10-8-6-4-2)59-91-75-71(89)68(86)73(63(57-80)93-75)96-77-72(90)69(87)74(64(58-81)94-77)95-76-70(88)67(85)66(84)62(56-79)92-76/h22,24,44,46,52,54,60-64,66-77,79-82,84-90H,3-21,23,25-43,45,47-51,53,55-59H2,1-2H3,(H,78,83)/b24-22-,46-44+,54-52+. The number of aliphatic hydroxyl groups is 11. The average molecular weight is 1370 g/mol. The number of amides is 1. The highest BCUT2D eigenvalue weighted by molar-refractivity contribution is 5.76. The molecule has 17 unspecified atom stereocenters. The van der Waals surface area contributed by atoms with Crippen LogP contribution in [-0.2, 0) is 33.2 Å². The number of hydrogen-bond donors (Lipinski definition) is 12. The van der Waals surface area contributed by atoms with Gasteiger partial charge in [-0.05, 0) is 57.8 Å². The topological polar surface area (TPSA) is 307 Å². The largest absolute Gasteiger partial charge is 0.394 e. The Morgan fingerprint density at radius 3 is 1.04 bits per heavy atom. The van der Waals surface area contributed by atoms with Gasteiger partial charge in [0.05, 0.1) is 38.6 Å². The molecule has 3 aliphatic heterocycles. The molecule has 0 aromatic carbocycles. The number of ether oxygens (including phenoxy) is 6. The second-order valence-electron chi connectivity index (χ2n) is 28.2. The third-order valence-electron chi connectivity index (χ3n) is 19.7. The van der Waals surface area contributed by atoms with Crippen LogP contribution in [0.2, 0.25) is 0 Å². The van der Waals surface area contributed by atoms with E-state index in [4.69, 9.17) is 28.4 Å². The Morgan fingerprint density at radius 1 is 0.365 bits per heavy atom. The van der Waals surface area contributed by atoms with E-state index < -0.39 is 124 Å². The van der Waals surface area contributed by atoms with Gasteiger partial charge in [0.25, 0.3) is 0 Å². The highest BCUT2D eigenvalue weighted by Gasteiger charge is 2.53. The first-order valence-corrected chi connectivity index (χ1v) is 39.2. The first kappa shape index (κ1) is 88.2. The summed E-state index contributed by atoms with van der Waals surface area (Å²) < 4.78 is 34.4. The summed E-state index contributed by atoms with van der Waals surface area (Å²) in [6, 6.07) is -0.992. The van der Waals surface area contributed by atoms with Crippen LogP contribution in [0.5, 0.6) is 0 Å². The lowest BCUT2D eigenvalue weighted by atomic mass is 9.96. The number of carbonyl (C=O) groups excluding carboxylic acids is 1. The van der Waals surface area contributed by atoms with Gasteiger partial charge in [-0.2, -0.15) is 0 Å². The van der Waals surface area contributed by atoms with Crippen molar-refractivity contribution in [3.8, 4) is 0 Å². The minimum absolute atomic E-state index is 0.234. The molecule has 19 nitrogen and oxygen atoms in total. The van der Waals surface area contributed by atoms with Gasteiger partial charge in [0.1, 0.15) is 73.2 Å². The van der Waals surface area contributed by atoms with Crippen molar-refractivity contribution in [3.63, 3.8) is 0 Å². The fourth-order valence-corrected chi connectivity index (χ4v) is 13.3. The fraction of sp³-hybridized carbons (Fsp3) is 0.909. The zero-order valence-corrected chi connectivity index (χ0v) is 60.1. The minimum Gasteiger partial charge on any atom is -0.394 e. The van der Waals surface area contributed by atoms with Crippen molar-refractivity contribution in [3.05, 3.63) is 36.5 Å². The summed E-state index contributed by atoms with van der Waals surface area (Å²) in [6.45, 7) is 1.76. The third kappa shape index (κ3) is 38.9. The summed E-state index contributed by atoms with van der Waals surface area (Å²) in [5.41, 5.74) is 0. The van der Waals surface area contributed by atoms with Gasteiger partial charge in [0.15, 0.2) is 18.9 Å². The van der Waals surface area contributed by atoms with E-state index in [2.05, 4.69) is 43.5 Å². The van der Waals surface area contributed by atoms with Crippen molar-refractivity contribution in [1.82, 2.24) is 5.32 Å². The lowest BCUT2D eigenvalue weighted by molar-refractivity contribution is -0.379. The van der Waals surface area contributed by atoms with E-state index >= 15 is 0 Å². The fourth-order valence-electron chi connectivity index (χ4n) is 13.3. The Balaban J connectivity index is 1.40. The quantitative estimate of drug-likeness (QED) is 0.0199. The normalized spacial score (nSPS) is 27.2. The van der Waals surface area contributed by atoms with Gasteiger partial charge in [-0.15, -0.1) is 0 Å². The Morgan fingerprint density at radius 2 is 0.667 bits per heavy atom. The first-order valence-electron chi connectivity index (χ1n) is 39.2. The maximum Gasteiger partial charge on any atom is 0.220 e. The van der Waals surface area contributed by atoms with Gasteiger partial charge in [-0.3, -0.25) is 4.79 Å². The highest BCUT2D eigenvalue weighted by atomic mass is 16.8. The molecule has 17 atom stereocenters. The van der Waals surface area contributed by atoms with E-state index in [-0.39, 0.29) is 18.9 Å². The number of allylic oxidation sites excluding steroid dienone is 5. The summed E-state index contributed by atoms with van der Waals surface area (Å²) in [5.74, 6) is -0.284. The summed E-state index contributed by atoms with van der Waals surface area (Å²) in [4.78, 5) is 13.4. The molecule has 564 valence electrons. The number of rotatable bonds is 62. The van der Waals surface area contributed by atoms with Gasteiger partial charge in [-0.25, -0.2) is 0 Å². The van der Waals surface area contributed by atoms with Crippen molar-refractivity contribution in [1.29, 1.82) is 0 Å². The van der Waals surface area contributed by atoms with Crippen molar-refractivity contribution >= 4 is 5.91 Å². The van der Waals surface area contributed by atoms with Crippen molar-refractivity contribution in [2.24, 2.45) is 0 Å². The lowest BCUT2D eigenvalue weighted by Gasteiger charge is -2.48. The molecule has 19 heteroatoms. The van der Waals surface area contributed by atoms with Crippen LogP contribution in [0.25, 0.3) is 0 Å². The average Bonchev–Trinajstić information content (AvgIpc) is 0.785. The Bertz CT molecular complexity index is 1880. The molecular weight excluding hydrogens is 1230 g/mol. The molecule has 0 aromatic rings. The summed E-state index contributed by atoms with van der Waals surface area (Å²) in [6.07, 6.45) is 44.2. The van der Waals surface area contributed by atoms with E-state index in [1.54, 1.807) is 6.08 Å². The molecule has 3 heterocycles. The Kier molecular flexibility index (Phi) is 53.8. The summed E-state index contributed by atoms with van der Waals surface area (Å²) >= 11 is 0. The molecule has 0 aromatic heterocycles. The Hall–Kier alpha value is -1.99. The number of hydrogen-bond acceptors (Lipinski definition) is 18. The predicted molar refractivity (Wildman–Crippen MR) is 379 cm³/mol. The zero-order valence-electron chi connectivity index (χ0n) is 60.1. The summed E-state index contributed by atoms with van der Waals surface area (Å²) in [5, 5.41) is 121. The van der Waals surface area contributed by atoms with Crippen LogP contribution >= 0.6 is 0 Å². The molecule has 1 amide bonds. The molecule has 0 radical (unpaired) electrons. The maximum absolute atomic E-state index is 13.4. The van der Waals surface area contributed by atoms with E-state index in [0.29, 0.717) is 12.8 Å². The molecule has 3 fully saturated rings. The second-order valence-corrected chi connectivity index (χ2v) is 28.2. The predicted octanol–water partition coefficient (Wildman–Crippen LogP) is 12.3. The molecule has 3 aliphatic rings. The maximum atomic E-state index is 13.4. The van der Waals surface area contributed by atoms with E-state index in [9.17, 15) is 61.0 Å².